The van der Waals surface area contributed by atoms with Crippen molar-refractivity contribution in [3.8, 4) is 28.2 Å². The third kappa shape index (κ3) is 6.02. The van der Waals surface area contributed by atoms with E-state index in [4.69, 9.17) is 20.9 Å². The van der Waals surface area contributed by atoms with Crippen molar-refractivity contribution in [2.75, 3.05) is 7.05 Å². The molecule has 1 unspecified atom stereocenters. The highest BCUT2D eigenvalue weighted by atomic mass is 16.2. The molecule has 2 aromatic carbocycles. The number of pyridine rings is 2. The van der Waals surface area contributed by atoms with Gasteiger partial charge in [-0.2, -0.15) is 10.2 Å². The van der Waals surface area contributed by atoms with E-state index in [0.717, 1.165) is 56.7 Å². The first-order valence-electron chi connectivity index (χ1n) is 18.8. The second kappa shape index (κ2) is 13.6. The third-order valence-electron chi connectivity index (χ3n) is 11.3. The van der Waals surface area contributed by atoms with Gasteiger partial charge in [0.25, 0.3) is 11.8 Å². The standard InChI is InChI=1S/C42H38N10O5/c1-4-31-28-17-38(54)49(2)21-36(28)52(48-31)34-10-5-7-22-15-32(44-19-29(22)34)24-13-23(39(40(43)55)45-18-24)14-25-16-33(47-50(25)3)26-8-6-9-27-30(26)20-51(42(27)57)35-11-12-37(53)46-41(35)56/h5-10,13,15-16,18-19,35H,4,11-12,14,17,20-21H2,1-3H3,(H2,43,55)(H,46,53,56). The summed E-state index contributed by atoms with van der Waals surface area (Å²) < 4.78 is 3.67. The van der Waals surface area contributed by atoms with Crippen LogP contribution in [0.5, 0.6) is 0 Å². The molecule has 15 nitrogen and oxygen atoms in total. The highest BCUT2D eigenvalue weighted by Gasteiger charge is 2.40. The number of benzene rings is 2. The fourth-order valence-electron chi connectivity index (χ4n) is 8.31. The van der Waals surface area contributed by atoms with Gasteiger partial charge in [-0.05, 0) is 59.7 Å². The lowest BCUT2D eigenvalue weighted by Gasteiger charge is -2.29. The van der Waals surface area contributed by atoms with Gasteiger partial charge >= 0.3 is 0 Å². The summed E-state index contributed by atoms with van der Waals surface area (Å²) >= 11 is 0. The minimum atomic E-state index is -0.730. The van der Waals surface area contributed by atoms with Crippen molar-refractivity contribution < 1.29 is 24.0 Å². The van der Waals surface area contributed by atoms with Crippen LogP contribution in [-0.4, -0.2) is 82.0 Å². The highest BCUT2D eigenvalue weighted by Crippen LogP contribution is 2.36. The normalized spacial score (nSPS) is 16.6. The van der Waals surface area contributed by atoms with Crippen molar-refractivity contribution in [3.63, 3.8) is 0 Å². The Labute approximate surface area is 326 Å². The second-order valence-corrected chi connectivity index (χ2v) is 14.8. The topological polar surface area (TPSA) is 191 Å². The van der Waals surface area contributed by atoms with Crippen LogP contribution in [0.2, 0.25) is 0 Å². The first-order valence-corrected chi connectivity index (χ1v) is 18.8. The van der Waals surface area contributed by atoms with Gasteiger partial charge in [-0.25, -0.2) is 4.68 Å². The van der Waals surface area contributed by atoms with Crippen molar-refractivity contribution in [1.29, 1.82) is 0 Å². The van der Waals surface area contributed by atoms with Crippen molar-refractivity contribution in [2.24, 2.45) is 12.8 Å². The molecule has 4 aromatic heterocycles. The molecule has 3 N–H and O–H groups in total. The Hall–Kier alpha value is -7.03. The molecule has 0 aliphatic carbocycles. The van der Waals surface area contributed by atoms with Gasteiger partial charge in [0.05, 0.1) is 41.4 Å². The van der Waals surface area contributed by atoms with Crippen LogP contribution in [0.3, 0.4) is 0 Å². The second-order valence-electron chi connectivity index (χ2n) is 14.8. The van der Waals surface area contributed by atoms with Gasteiger partial charge in [0.1, 0.15) is 11.7 Å². The lowest BCUT2D eigenvalue weighted by atomic mass is 9.99. The number of rotatable bonds is 8. The summed E-state index contributed by atoms with van der Waals surface area (Å²) in [5, 5.41) is 13.9. The van der Waals surface area contributed by atoms with Crippen LogP contribution in [0.15, 0.2) is 67.0 Å². The maximum absolute atomic E-state index is 13.5. The van der Waals surface area contributed by atoms with Crippen LogP contribution in [0.4, 0.5) is 0 Å². The zero-order valence-electron chi connectivity index (χ0n) is 31.6. The van der Waals surface area contributed by atoms with Crippen molar-refractivity contribution in [2.45, 2.75) is 58.2 Å². The summed E-state index contributed by atoms with van der Waals surface area (Å²) in [5.41, 5.74) is 15.1. The molecule has 9 rings (SSSR count). The Morgan fingerprint density at radius 3 is 2.51 bits per heavy atom. The molecule has 0 spiro atoms. The summed E-state index contributed by atoms with van der Waals surface area (Å²) in [5.74, 6) is -1.65. The molecular formula is C42H38N10O5. The van der Waals surface area contributed by atoms with Crippen LogP contribution in [0, 0.1) is 0 Å². The number of carbonyl (C=O) groups is 5. The van der Waals surface area contributed by atoms with E-state index in [1.165, 1.54) is 4.90 Å². The fraction of sp³-hybridized carbons (Fsp3) is 0.262. The Morgan fingerprint density at radius 2 is 1.72 bits per heavy atom. The van der Waals surface area contributed by atoms with E-state index in [2.05, 4.69) is 10.3 Å². The van der Waals surface area contributed by atoms with Gasteiger partial charge in [-0.3, -0.25) is 43.9 Å². The minimum Gasteiger partial charge on any atom is -0.364 e. The van der Waals surface area contributed by atoms with E-state index >= 15 is 0 Å². The number of aromatic nitrogens is 6. The van der Waals surface area contributed by atoms with Crippen LogP contribution in [-0.2, 0) is 53.8 Å². The molecule has 1 fully saturated rings. The van der Waals surface area contributed by atoms with Crippen molar-refractivity contribution in [3.05, 3.63) is 112 Å². The van der Waals surface area contributed by atoms with E-state index < -0.39 is 17.9 Å². The molecular weight excluding hydrogens is 725 g/mol. The Bertz CT molecular complexity index is 2730. The number of primary amides is 1. The predicted molar refractivity (Wildman–Crippen MR) is 208 cm³/mol. The van der Waals surface area contributed by atoms with Gasteiger partial charge in [-0.1, -0.05) is 31.2 Å². The summed E-state index contributed by atoms with van der Waals surface area (Å²) in [7, 11) is 3.62. The average molecular weight is 763 g/mol. The molecule has 0 bridgehead atoms. The number of hydrogen-bond donors (Lipinski definition) is 2. The number of fused-ring (bicyclic) bond motifs is 3. The van der Waals surface area contributed by atoms with Crippen LogP contribution in [0.1, 0.15) is 74.4 Å². The van der Waals surface area contributed by atoms with Gasteiger partial charge in [0.15, 0.2) is 0 Å². The summed E-state index contributed by atoms with van der Waals surface area (Å²) in [6.45, 7) is 2.73. The zero-order chi connectivity index (χ0) is 39.7. The molecule has 286 valence electrons. The first-order chi connectivity index (χ1) is 27.5. The third-order valence-corrected chi connectivity index (χ3v) is 11.3. The Balaban J connectivity index is 1.03. The van der Waals surface area contributed by atoms with E-state index in [-0.39, 0.29) is 49.2 Å². The van der Waals surface area contributed by atoms with E-state index in [9.17, 15) is 24.0 Å². The lowest BCUT2D eigenvalue weighted by molar-refractivity contribution is -0.137. The van der Waals surface area contributed by atoms with E-state index in [1.54, 1.807) is 27.9 Å². The number of carbonyl (C=O) groups excluding carboxylic acids is 5. The van der Waals surface area contributed by atoms with Crippen LogP contribution < -0.4 is 11.1 Å². The highest BCUT2D eigenvalue weighted by molar-refractivity contribution is 6.06. The number of hydrogen-bond acceptors (Lipinski definition) is 9. The fourth-order valence-corrected chi connectivity index (χ4v) is 8.31. The molecule has 0 saturated carbocycles. The number of amides is 5. The number of piperidine rings is 1. The van der Waals surface area contributed by atoms with Gasteiger partial charge < -0.3 is 15.5 Å². The smallest absolute Gasteiger partial charge is 0.267 e. The van der Waals surface area contributed by atoms with Gasteiger partial charge in [-0.15, -0.1) is 0 Å². The molecule has 15 heteroatoms. The Kier molecular flexibility index (Phi) is 8.52. The van der Waals surface area contributed by atoms with E-state index in [1.807, 2.05) is 74.4 Å². The van der Waals surface area contributed by atoms with E-state index in [0.29, 0.717) is 41.0 Å². The minimum absolute atomic E-state index is 0.0808. The average Bonchev–Trinajstić information content (AvgIpc) is 3.86. The lowest BCUT2D eigenvalue weighted by Crippen LogP contribution is -2.52. The number of imide groups is 1. The number of nitrogens with zero attached hydrogens (tertiary/aromatic N) is 8. The molecule has 1 atom stereocenters. The van der Waals surface area contributed by atoms with Crippen LogP contribution in [0.25, 0.3) is 39.0 Å². The number of aryl methyl sites for hydroxylation is 2. The summed E-state index contributed by atoms with van der Waals surface area (Å²) in [4.78, 5) is 75.7. The summed E-state index contributed by atoms with van der Waals surface area (Å²) in [6.07, 6.45) is 5.18. The summed E-state index contributed by atoms with van der Waals surface area (Å²) in [6, 6.07) is 16.4. The predicted octanol–water partition coefficient (Wildman–Crippen LogP) is 3.41. The number of nitrogens with one attached hydrogen (secondary N) is 1. The molecule has 1 saturated heterocycles. The molecule has 3 aliphatic rings. The maximum atomic E-state index is 13.5. The molecule has 0 radical (unpaired) electrons. The van der Waals surface area contributed by atoms with Crippen LogP contribution >= 0.6 is 0 Å². The molecule has 6 aromatic rings. The van der Waals surface area contributed by atoms with Gasteiger partial charge in [0.2, 0.25) is 17.7 Å². The number of nitrogens with two attached hydrogens (primary N) is 1. The monoisotopic (exact) mass is 762 g/mol. The number of likely N-dealkylation sites (N-methyl/N-ethyl adjacent to an activating group) is 1. The van der Waals surface area contributed by atoms with Gasteiger partial charge in [0, 0.05) is 79.2 Å². The molecule has 3 aliphatic heterocycles. The zero-order valence-corrected chi connectivity index (χ0v) is 31.6. The molecule has 7 heterocycles. The SMILES string of the molecule is CCc1nn(-c2cccc3cc(-c4cnc(C(N)=O)c(Cc5cc(-c6cccc7c6CN(C6CCC(=O)NC6=O)C7=O)nn5C)c4)ncc23)c2c1CC(=O)N(C)C2. The first kappa shape index (κ1) is 35.7. The quantitative estimate of drug-likeness (QED) is 0.219. The molecule has 5 amide bonds. The maximum Gasteiger partial charge on any atom is 0.267 e. The van der Waals surface area contributed by atoms with Crippen molar-refractivity contribution >= 4 is 40.3 Å². The molecule has 57 heavy (non-hydrogen) atoms. The Morgan fingerprint density at radius 1 is 0.912 bits per heavy atom. The largest absolute Gasteiger partial charge is 0.364 e. The van der Waals surface area contributed by atoms with Crippen molar-refractivity contribution in [1.82, 2.24) is 44.6 Å².